The Morgan fingerprint density at radius 2 is 2.23 bits per heavy atom. The van der Waals surface area contributed by atoms with Gasteiger partial charge in [0.15, 0.2) is 5.09 Å². The molecule has 0 aliphatic carbocycles. The minimum absolute atomic E-state index is 0.228. The highest BCUT2D eigenvalue weighted by atomic mass is 79.9. The summed E-state index contributed by atoms with van der Waals surface area (Å²) in [4.78, 5) is 12.1. The number of halogens is 1. The van der Waals surface area contributed by atoms with Crippen LogP contribution in [0, 0.1) is 18.3 Å². The van der Waals surface area contributed by atoms with Gasteiger partial charge in [-0.25, -0.2) is 5.43 Å². The largest absolute Gasteiger partial charge is 0.447 e. The van der Waals surface area contributed by atoms with Crippen LogP contribution in [-0.4, -0.2) is 12.1 Å². The molecule has 0 atom stereocenters. The number of rotatable bonds is 5. The van der Waals surface area contributed by atoms with Crippen molar-refractivity contribution < 1.29 is 9.21 Å². The Kier molecular flexibility index (Phi) is 5.81. The van der Waals surface area contributed by atoms with Gasteiger partial charge in [-0.2, -0.15) is 10.4 Å². The van der Waals surface area contributed by atoms with Crippen molar-refractivity contribution in [2.45, 2.75) is 23.3 Å². The van der Waals surface area contributed by atoms with Gasteiger partial charge in [0.05, 0.1) is 16.8 Å². The Hall–Kier alpha value is -2.04. The van der Waals surface area contributed by atoms with Crippen LogP contribution in [0.15, 0.2) is 54.3 Å². The van der Waals surface area contributed by atoms with Gasteiger partial charge in [0, 0.05) is 11.0 Å². The number of nitriles is 1. The molecule has 0 saturated carbocycles. The molecule has 0 aliphatic heterocycles. The highest BCUT2D eigenvalue weighted by Gasteiger charge is 2.09. The predicted molar refractivity (Wildman–Crippen MR) is 87.7 cm³/mol. The Morgan fingerprint density at radius 1 is 1.50 bits per heavy atom. The van der Waals surface area contributed by atoms with E-state index < -0.39 is 5.91 Å². The summed E-state index contributed by atoms with van der Waals surface area (Å²) >= 11 is 4.91. The number of carbonyl (C=O) groups is 1. The smallest absolute Gasteiger partial charge is 0.254 e. The first-order valence-electron chi connectivity index (χ1n) is 6.31. The molecule has 1 aromatic carbocycles. The topological polar surface area (TPSA) is 78.4 Å². The van der Waals surface area contributed by atoms with Crippen LogP contribution < -0.4 is 5.43 Å². The van der Waals surface area contributed by atoms with Gasteiger partial charge >= 0.3 is 0 Å². The number of benzene rings is 1. The summed E-state index contributed by atoms with van der Waals surface area (Å²) in [6.45, 7) is 2.03. The zero-order chi connectivity index (χ0) is 15.9. The third kappa shape index (κ3) is 4.76. The van der Waals surface area contributed by atoms with E-state index in [1.54, 1.807) is 12.1 Å². The first-order chi connectivity index (χ1) is 10.6. The first-order valence-corrected chi connectivity index (χ1v) is 7.92. The van der Waals surface area contributed by atoms with Crippen LogP contribution in [0.1, 0.15) is 17.7 Å². The molecular formula is C15H12BrN3O2S. The van der Waals surface area contributed by atoms with Crippen LogP contribution in [0.3, 0.4) is 0 Å². The fourth-order valence-corrected chi connectivity index (χ4v) is 2.82. The zero-order valence-electron chi connectivity index (χ0n) is 11.7. The van der Waals surface area contributed by atoms with Crippen LogP contribution in [0.4, 0.5) is 0 Å². The third-order valence-electron chi connectivity index (χ3n) is 2.53. The molecule has 0 aliphatic rings. The van der Waals surface area contributed by atoms with Crippen molar-refractivity contribution in [2.75, 3.05) is 0 Å². The first kappa shape index (κ1) is 16.3. The average molecular weight is 378 g/mol. The normalized spacial score (nSPS) is 10.6. The van der Waals surface area contributed by atoms with Crippen molar-refractivity contribution in [2.24, 2.45) is 5.10 Å². The monoisotopic (exact) mass is 377 g/mol. The molecule has 0 bridgehead atoms. The van der Waals surface area contributed by atoms with E-state index in [4.69, 9.17) is 9.68 Å². The molecule has 0 fully saturated rings. The molecule has 0 radical (unpaired) electrons. The minimum atomic E-state index is -0.460. The number of carbonyl (C=O) groups excluding carboxylic acids is 1. The fourth-order valence-electron chi connectivity index (χ4n) is 1.49. The maximum atomic E-state index is 11.1. The van der Waals surface area contributed by atoms with Gasteiger partial charge in [-0.3, -0.25) is 4.79 Å². The van der Waals surface area contributed by atoms with E-state index in [0.717, 1.165) is 9.37 Å². The van der Waals surface area contributed by atoms with E-state index in [2.05, 4.69) is 26.5 Å². The number of aryl methyl sites for hydroxylation is 1. The summed E-state index contributed by atoms with van der Waals surface area (Å²) < 4.78 is 6.45. The second-order valence-electron chi connectivity index (χ2n) is 4.33. The minimum Gasteiger partial charge on any atom is -0.447 e. The lowest BCUT2D eigenvalue weighted by molar-refractivity contribution is -0.120. The lowest BCUT2D eigenvalue weighted by Crippen LogP contribution is -2.15. The summed E-state index contributed by atoms with van der Waals surface area (Å²) in [5.41, 5.74) is 3.44. The number of furan rings is 1. The summed E-state index contributed by atoms with van der Waals surface area (Å²) in [5.74, 6) is 0.0392. The molecule has 2 rings (SSSR count). The van der Waals surface area contributed by atoms with E-state index in [1.165, 1.54) is 23.5 Å². The third-order valence-corrected chi connectivity index (χ3v) is 4.37. The highest BCUT2D eigenvalue weighted by molar-refractivity contribution is 9.10. The quantitative estimate of drug-likeness (QED) is 0.633. The number of hydrazone groups is 1. The molecule has 0 saturated heterocycles. The van der Waals surface area contributed by atoms with Crippen LogP contribution in [0.5, 0.6) is 0 Å². The van der Waals surface area contributed by atoms with E-state index in [9.17, 15) is 4.79 Å². The van der Waals surface area contributed by atoms with Gasteiger partial charge in [-0.05, 0) is 35.0 Å². The molecule has 0 unspecified atom stereocenters. The zero-order valence-corrected chi connectivity index (χ0v) is 14.1. The van der Waals surface area contributed by atoms with E-state index in [0.29, 0.717) is 10.9 Å². The summed E-state index contributed by atoms with van der Waals surface area (Å²) in [6, 6.07) is 11.6. The Bertz CT molecular complexity index is 732. The Labute approximate surface area is 140 Å². The Morgan fingerprint density at radius 3 is 2.91 bits per heavy atom. The fraction of sp³-hybridized carbons (Fsp3) is 0.133. The summed E-state index contributed by atoms with van der Waals surface area (Å²) in [7, 11) is 0. The van der Waals surface area contributed by atoms with E-state index >= 15 is 0 Å². The van der Waals surface area contributed by atoms with Gasteiger partial charge in [0.25, 0.3) is 5.91 Å². The van der Waals surface area contributed by atoms with Crippen LogP contribution in [0.25, 0.3) is 0 Å². The lowest BCUT2D eigenvalue weighted by atomic mass is 10.2. The highest BCUT2D eigenvalue weighted by Crippen LogP contribution is 2.35. The molecule has 1 heterocycles. The van der Waals surface area contributed by atoms with Crippen LogP contribution >= 0.6 is 27.7 Å². The lowest BCUT2D eigenvalue weighted by Gasteiger charge is -1.99. The molecule has 22 heavy (non-hydrogen) atoms. The standard InChI is InChI=1S/C15H12BrN3O2S/c1-10-2-4-12(5-3-10)22-15-13(16)8-11(21-15)9-18-19-14(20)6-7-17/h2-5,8-9H,6H2,1H3,(H,19,20)/b18-9-. The number of hydrogen-bond donors (Lipinski definition) is 1. The second kappa shape index (κ2) is 7.82. The van der Waals surface area contributed by atoms with Gasteiger partial charge in [0.1, 0.15) is 12.2 Å². The maximum Gasteiger partial charge on any atom is 0.254 e. The van der Waals surface area contributed by atoms with Crippen LogP contribution in [-0.2, 0) is 4.79 Å². The van der Waals surface area contributed by atoms with Crippen molar-refractivity contribution >= 4 is 39.8 Å². The number of nitrogens with zero attached hydrogens (tertiary/aromatic N) is 2. The van der Waals surface area contributed by atoms with E-state index in [1.807, 2.05) is 31.2 Å². The number of hydrogen-bond acceptors (Lipinski definition) is 5. The van der Waals surface area contributed by atoms with Crippen molar-refractivity contribution in [1.29, 1.82) is 5.26 Å². The second-order valence-corrected chi connectivity index (χ2v) is 6.23. The number of amides is 1. The molecule has 1 aromatic heterocycles. The van der Waals surface area contributed by atoms with Crippen molar-refractivity contribution in [3.05, 3.63) is 46.1 Å². The molecule has 5 nitrogen and oxygen atoms in total. The molecular weight excluding hydrogens is 366 g/mol. The van der Waals surface area contributed by atoms with Gasteiger partial charge in [-0.1, -0.05) is 29.5 Å². The van der Waals surface area contributed by atoms with Crippen molar-refractivity contribution in [1.82, 2.24) is 5.43 Å². The molecule has 1 amide bonds. The molecule has 112 valence electrons. The maximum absolute atomic E-state index is 11.1. The Balaban J connectivity index is 2.02. The van der Waals surface area contributed by atoms with E-state index in [-0.39, 0.29) is 6.42 Å². The van der Waals surface area contributed by atoms with Crippen LogP contribution in [0.2, 0.25) is 0 Å². The SMILES string of the molecule is Cc1ccc(Sc2oc(/C=N\NC(=O)CC#N)cc2Br)cc1. The van der Waals surface area contributed by atoms with Gasteiger partial charge < -0.3 is 4.42 Å². The van der Waals surface area contributed by atoms with Crippen molar-refractivity contribution in [3.63, 3.8) is 0 Å². The number of nitrogens with one attached hydrogen (secondary N) is 1. The molecule has 7 heteroatoms. The summed E-state index contributed by atoms with van der Waals surface area (Å²) in [5, 5.41) is 12.8. The van der Waals surface area contributed by atoms with Gasteiger partial charge in [-0.15, -0.1) is 0 Å². The van der Waals surface area contributed by atoms with Crippen molar-refractivity contribution in [3.8, 4) is 6.07 Å². The molecule has 1 N–H and O–H groups in total. The average Bonchev–Trinajstić information content (AvgIpc) is 2.82. The summed E-state index contributed by atoms with van der Waals surface area (Å²) in [6.07, 6.45) is 1.16. The molecule has 0 spiro atoms. The van der Waals surface area contributed by atoms with Gasteiger partial charge in [0.2, 0.25) is 0 Å². The predicted octanol–water partition coefficient (Wildman–Crippen LogP) is 3.87. The molecule has 2 aromatic rings.